The molecule has 1 saturated heterocycles. The van der Waals surface area contributed by atoms with Gasteiger partial charge in [0.2, 0.25) is 6.41 Å². The third kappa shape index (κ3) is 4.68. The Morgan fingerprint density at radius 1 is 1.56 bits per heavy atom. The van der Waals surface area contributed by atoms with Crippen LogP contribution >= 0.6 is 24.8 Å². The van der Waals surface area contributed by atoms with Gasteiger partial charge in [-0.1, -0.05) is 0 Å². The number of amides is 1. The molecule has 5 nitrogen and oxygen atoms in total. The molecule has 7 heteroatoms. The fourth-order valence-electron chi connectivity index (χ4n) is 1.69. The van der Waals surface area contributed by atoms with Crippen LogP contribution in [-0.4, -0.2) is 48.6 Å². The van der Waals surface area contributed by atoms with Crippen molar-refractivity contribution >= 4 is 31.2 Å². The summed E-state index contributed by atoms with van der Waals surface area (Å²) in [5.41, 5.74) is 0. The fraction of sp³-hybridized carbons (Fsp3) is 0.455. The molecule has 2 rings (SSSR count). The summed E-state index contributed by atoms with van der Waals surface area (Å²) in [5.74, 6) is 0.735. The van der Waals surface area contributed by atoms with Crippen molar-refractivity contribution in [2.45, 2.75) is 6.04 Å². The zero-order valence-corrected chi connectivity index (χ0v) is 11.5. The molecule has 1 atom stereocenters. The number of halogens is 2. The number of aromatic nitrogens is 1. The molecule has 1 unspecified atom stereocenters. The zero-order chi connectivity index (χ0) is 11.2. The number of hydrogen-bond donors (Lipinski definition) is 1. The van der Waals surface area contributed by atoms with Crippen molar-refractivity contribution in [1.82, 2.24) is 15.2 Å². The van der Waals surface area contributed by atoms with Gasteiger partial charge < -0.3 is 15.0 Å². The molecule has 0 aliphatic carbocycles. The quantitative estimate of drug-likeness (QED) is 0.832. The molecule has 18 heavy (non-hydrogen) atoms. The van der Waals surface area contributed by atoms with E-state index in [-0.39, 0.29) is 30.9 Å². The summed E-state index contributed by atoms with van der Waals surface area (Å²) in [6.45, 7) is 2.86. The maximum absolute atomic E-state index is 10.8. The largest absolute Gasteiger partial charge is 0.490 e. The van der Waals surface area contributed by atoms with E-state index >= 15 is 0 Å². The number of rotatable bonds is 4. The van der Waals surface area contributed by atoms with Crippen molar-refractivity contribution in [3.63, 3.8) is 0 Å². The van der Waals surface area contributed by atoms with E-state index in [1.807, 2.05) is 12.1 Å². The lowest BCUT2D eigenvalue weighted by atomic mass is 10.2. The fourth-order valence-corrected chi connectivity index (χ4v) is 1.69. The van der Waals surface area contributed by atoms with E-state index in [9.17, 15) is 4.79 Å². The summed E-state index contributed by atoms with van der Waals surface area (Å²) < 4.78 is 5.57. The normalized spacial score (nSPS) is 18.2. The summed E-state index contributed by atoms with van der Waals surface area (Å²) in [4.78, 5) is 16.5. The Kier molecular flexibility index (Phi) is 8.45. The van der Waals surface area contributed by atoms with E-state index in [1.54, 1.807) is 17.3 Å². The number of pyridine rings is 1. The SMILES string of the molecule is Cl.Cl.O=CN1CCNCC1COc1cccnc1. The van der Waals surface area contributed by atoms with Crippen molar-refractivity contribution in [2.75, 3.05) is 26.2 Å². The molecular weight excluding hydrogens is 277 g/mol. The molecule has 102 valence electrons. The highest BCUT2D eigenvalue weighted by atomic mass is 35.5. The van der Waals surface area contributed by atoms with Crippen LogP contribution in [0.4, 0.5) is 0 Å². The average molecular weight is 294 g/mol. The van der Waals surface area contributed by atoms with Crippen LogP contribution in [0.3, 0.4) is 0 Å². The monoisotopic (exact) mass is 293 g/mol. The number of carbonyl (C=O) groups excluding carboxylic acids is 1. The zero-order valence-electron chi connectivity index (χ0n) is 9.82. The Labute approximate surface area is 119 Å². The van der Waals surface area contributed by atoms with Gasteiger partial charge >= 0.3 is 0 Å². The van der Waals surface area contributed by atoms with E-state index in [0.29, 0.717) is 6.61 Å². The van der Waals surface area contributed by atoms with Gasteiger partial charge in [-0.2, -0.15) is 0 Å². The molecule has 1 aliphatic heterocycles. The first-order valence-corrected chi connectivity index (χ1v) is 5.35. The highest BCUT2D eigenvalue weighted by molar-refractivity contribution is 5.85. The van der Waals surface area contributed by atoms with Crippen LogP contribution in [0.1, 0.15) is 0 Å². The first-order chi connectivity index (χ1) is 7.90. The Morgan fingerprint density at radius 2 is 2.39 bits per heavy atom. The minimum atomic E-state index is 0. The van der Waals surface area contributed by atoms with E-state index in [0.717, 1.165) is 31.8 Å². The van der Waals surface area contributed by atoms with Crippen molar-refractivity contribution in [2.24, 2.45) is 0 Å². The molecule has 1 aromatic heterocycles. The van der Waals surface area contributed by atoms with Crippen LogP contribution in [0.5, 0.6) is 5.75 Å². The second-order valence-electron chi connectivity index (χ2n) is 3.70. The molecule has 1 aliphatic rings. The third-order valence-electron chi connectivity index (χ3n) is 2.61. The number of ether oxygens (including phenoxy) is 1. The molecule has 0 saturated carbocycles. The Bertz CT molecular complexity index is 340. The van der Waals surface area contributed by atoms with Gasteiger partial charge in [0.1, 0.15) is 12.4 Å². The van der Waals surface area contributed by atoms with Gasteiger partial charge in [0.25, 0.3) is 0 Å². The van der Waals surface area contributed by atoms with Gasteiger partial charge in [-0.25, -0.2) is 0 Å². The topological polar surface area (TPSA) is 54.5 Å². The van der Waals surface area contributed by atoms with Crippen LogP contribution in [-0.2, 0) is 4.79 Å². The second kappa shape index (κ2) is 8.97. The first-order valence-electron chi connectivity index (χ1n) is 5.35. The predicted molar refractivity (Wildman–Crippen MR) is 73.7 cm³/mol. The maximum atomic E-state index is 10.8. The summed E-state index contributed by atoms with van der Waals surface area (Å²) in [6.07, 6.45) is 4.26. The summed E-state index contributed by atoms with van der Waals surface area (Å²) in [7, 11) is 0. The van der Waals surface area contributed by atoms with Crippen molar-refractivity contribution in [3.05, 3.63) is 24.5 Å². The van der Waals surface area contributed by atoms with Crippen LogP contribution in [0.15, 0.2) is 24.5 Å². The molecule has 0 spiro atoms. The molecule has 1 amide bonds. The van der Waals surface area contributed by atoms with Gasteiger partial charge in [-0.15, -0.1) is 24.8 Å². The first kappa shape index (κ1) is 17.0. The van der Waals surface area contributed by atoms with Crippen molar-refractivity contribution in [1.29, 1.82) is 0 Å². The number of nitrogens with one attached hydrogen (secondary N) is 1. The lowest BCUT2D eigenvalue weighted by molar-refractivity contribution is -0.121. The van der Waals surface area contributed by atoms with Gasteiger partial charge in [0.15, 0.2) is 0 Å². The minimum absolute atomic E-state index is 0. The lowest BCUT2D eigenvalue weighted by Crippen LogP contribution is -2.53. The third-order valence-corrected chi connectivity index (χ3v) is 2.61. The molecule has 1 fully saturated rings. The van der Waals surface area contributed by atoms with Crippen LogP contribution in [0, 0.1) is 0 Å². The predicted octanol–water partition coefficient (Wildman–Crippen LogP) is 0.734. The summed E-state index contributed by atoms with van der Waals surface area (Å²) in [5, 5.41) is 3.24. The standard InChI is InChI=1S/C11H15N3O2.2ClH/c15-9-14-5-4-13-6-10(14)8-16-11-2-1-3-12-7-11;;/h1-3,7,9-10,13H,4-6,8H2;2*1H. The highest BCUT2D eigenvalue weighted by Gasteiger charge is 2.20. The maximum Gasteiger partial charge on any atom is 0.210 e. The summed E-state index contributed by atoms with van der Waals surface area (Å²) >= 11 is 0. The molecule has 0 radical (unpaired) electrons. The highest BCUT2D eigenvalue weighted by Crippen LogP contribution is 2.08. The molecule has 1 N–H and O–H groups in total. The van der Waals surface area contributed by atoms with Crippen molar-refractivity contribution < 1.29 is 9.53 Å². The minimum Gasteiger partial charge on any atom is -0.490 e. The van der Waals surface area contributed by atoms with Crippen molar-refractivity contribution in [3.8, 4) is 5.75 Å². The van der Waals surface area contributed by atoms with E-state index in [2.05, 4.69) is 10.3 Å². The smallest absolute Gasteiger partial charge is 0.210 e. The van der Waals surface area contributed by atoms with Crippen LogP contribution < -0.4 is 10.1 Å². The molecule has 1 aromatic rings. The second-order valence-corrected chi connectivity index (χ2v) is 3.70. The number of hydrogen-bond acceptors (Lipinski definition) is 4. The average Bonchev–Trinajstić information content (AvgIpc) is 2.38. The number of nitrogens with zero attached hydrogens (tertiary/aromatic N) is 2. The van der Waals surface area contributed by atoms with Crippen LogP contribution in [0.25, 0.3) is 0 Å². The Balaban J connectivity index is 0.00000144. The molecule has 0 bridgehead atoms. The van der Waals surface area contributed by atoms with Gasteiger partial charge in [0.05, 0.1) is 12.2 Å². The molecule has 0 aromatic carbocycles. The lowest BCUT2D eigenvalue weighted by Gasteiger charge is -2.32. The van der Waals surface area contributed by atoms with E-state index in [4.69, 9.17) is 4.74 Å². The number of carbonyl (C=O) groups is 1. The van der Waals surface area contributed by atoms with Gasteiger partial charge in [0, 0.05) is 25.8 Å². The van der Waals surface area contributed by atoms with E-state index in [1.165, 1.54) is 0 Å². The van der Waals surface area contributed by atoms with E-state index < -0.39 is 0 Å². The van der Waals surface area contributed by atoms with Crippen LogP contribution in [0.2, 0.25) is 0 Å². The molecule has 2 heterocycles. The Hall–Kier alpha value is -1.04. The summed E-state index contributed by atoms with van der Waals surface area (Å²) in [6, 6.07) is 3.78. The Morgan fingerprint density at radius 3 is 3.06 bits per heavy atom. The van der Waals surface area contributed by atoms with Gasteiger partial charge in [-0.05, 0) is 12.1 Å². The molecular formula is C11H17Cl2N3O2. The van der Waals surface area contributed by atoms with Gasteiger partial charge in [-0.3, -0.25) is 9.78 Å². The number of piperazine rings is 1.